The molecule has 0 saturated heterocycles. The maximum atomic E-state index is 6.23. The van der Waals surface area contributed by atoms with E-state index in [0.29, 0.717) is 0 Å². The first kappa shape index (κ1) is 15.3. The molecule has 24 heavy (non-hydrogen) atoms. The summed E-state index contributed by atoms with van der Waals surface area (Å²) in [4.78, 5) is 0. The van der Waals surface area contributed by atoms with E-state index >= 15 is 0 Å². The van der Waals surface area contributed by atoms with Gasteiger partial charge in [-0.15, -0.1) is 0 Å². The maximum absolute atomic E-state index is 6.23. The lowest BCUT2D eigenvalue weighted by molar-refractivity contribution is -0.0924. The summed E-state index contributed by atoms with van der Waals surface area (Å²) in [6, 6.07) is 14.0. The van der Waals surface area contributed by atoms with Gasteiger partial charge in [0.25, 0.3) is 0 Å². The van der Waals surface area contributed by atoms with E-state index in [2.05, 4.69) is 11.1 Å². The molecule has 0 radical (unpaired) electrons. The average molecular weight is 343 g/mol. The highest BCUT2D eigenvalue weighted by atomic mass is 35.5. The largest absolute Gasteiger partial charge is 0.493 e. The number of methoxy groups -OCH3 is 1. The van der Waals surface area contributed by atoms with E-state index in [1.807, 2.05) is 50.2 Å². The number of hydrogen-bond donors (Lipinski definition) is 0. The van der Waals surface area contributed by atoms with Crippen molar-refractivity contribution >= 4 is 17.3 Å². The third-order valence-corrected chi connectivity index (χ3v) is 4.83. The first-order valence-corrected chi connectivity index (χ1v) is 8.36. The first-order chi connectivity index (χ1) is 11.5. The number of para-hydroxylation sites is 1. The van der Waals surface area contributed by atoms with E-state index in [9.17, 15) is 0 Å². The van der Waals surface area contributed by atoms with Crippen LogP contribution in [0.15, 0.2) is 47.6 Å². The summed E-state index contributed by atoms with van der Waals surface area (Å²) in [5, 5.41) is 7.64. The van der Waals surface area contributed by atoms with Crippen molar-refractivity contribution in [1.82, 2.24) is 5.01 Å². The van der Waals surface area contributed by atoms with Gasteiger partial charge < -0.3 is 9.47 Å². The van der Waals surface area contributed by atoms with Gasteiger partial charge in [0.05, 0.1) is 18.9 Å². The highest BCUT2D eigenvalue weighted by Gasteiger charge is 2.45. The molecule has 2 aliphatic heterocycles. The van der Waals surface area contributed by atoms with E-state index in [4.69, 9.17) is 26.2 Å². The van der Waals surface area contributed by atoms with Crippen LogP contribution in [-0.4, -0.2) is 23.6 Å². The Morgan fingerprint density at radius 3 is 2.67 bits per heavy atom. The second-order valence-electron chi connectivity index (χ2n) is 6.55. The van der Waals surface area contributed by atoms with Gasteiger partial charge in [-0.05, 0) is 37.6 Å². The molecular weight excluding hydrogens is 324 g/mol. The Morgan fingerprint density at radius 2 is 1.96 bits per heavy atom. The fraction of sp³-hybridized carbons (Fsp3) is 0.316. The van der Waals surface area contributed by atoms with E-state index in [-0.39, 0.29) is 6.04 Å². The van der Waals surface area contributed by atoms with Gasteiger partial charge in [0.2, 0.25) is 0 Å². The molecule has 0 amide bonds. The average Bonchev–Trinajstić information content (AvgIpc) is 3.01. The van der Waals surface area contributed by atoms with Gasteiger partial charge in [-0.25, -0.2) is 5.01 Å². The second-order valence-corrected chi connectivity index (χ2v) is 6.98. The van der Waals surface area contributed by atoms with Gasteiger partial charge in [0, 0.05) is 17.0 Å². The highest BCUT2D eigenvalue weighted by Crippen LogP contribution is 2.49. The Balaban J connectivity index is 1.77. The van der Waals surface area contributed by atoms with Crippen LogP contribution in [0.25, 0.3) is 0 Å². The van der Waals surface area contributed by atoms with Crippen molar-refractivity contribution in [2.24, 2.45) is 5.10 Å². The van der Waals surface area contributed by atoms with Crippen LogP contribution in [0.2, 0.25) is 5.02 Å². The third kappa shape index (κ3) is 2.33. The molecular formula is C19H19ClN2O2. The van der Waals surface area contributed by atoms with Gasteiger partial charge in [-0.2, -0.15) is 5.10 Å². The minimum atomic E-state index is -0.541. The quantitative estimate of drug-likeness (QED) is 0.798. The number of halogens is 1. The molecule has 1 atom stereocenters. The van der Waals surface area contributed by atoms with Crippen LogP contribution >= 0.6 is 11.6 Å². The van der Waals surface area contributed by atoms with E-state index < -0.39 is 5.72 Å². The fourth-order valence-electron chi connectivity index (χ4n) is 3.43. The predicted octanol–water partition coefficient (Wildman–Crippen LogP) is 4.63. The zero-order valence-corrected chi connectivity index (χ0v) is 14.7. The summed E-state index contributed by atoms with van der Waals surface area (Å²) in [7, 11) is 1.67. The van der Waals surface area contributed by atoms with Crippen LogP contribution in [0.5, 0.6) is 11.5 Å². The second kappa shape index (κ2) is 5.42. The van der Waals surface area contributed by atoms with Crippen molar-refractivity contribution in [3.05, 3.63) is 58.6 Å². The molecule has 0 fully saturated rings. The molecule has 124 valence electrons. The lowest BCUT2D eigenvalue weighted by Gasteiger charge is -2.43. The van der Waals surface area contributed by atoms with Crippen molar-refractivity contribution in [2.75, 3.05) is 7.11 Å². The molecule has 2 heterocycles. The van der Waals surface area contributed by atoms with Crippen LogP contribution in [0.3, 0.4) is 0 Å². The summed E-state index contributed by atoms with van der Waals surface area (Å²) in [5.74, 6) is 1.58. The first-order valence-electron chi connectivity index (χ1n) is 7.98. The van der Waals surface area contributed by atoms with Crippen LogP contribution in [0, 0.1) is 0 Å². The number of hydrogen-bond acceptors (Lipinski definition) is 4. The van der Waals surface area contributed by atoms with Crippen molar-refractivity contribution < 1.29 is 9.47 Å². The molecule has 0 aliphatic carbocycles. The van der Waals surface area contributed by atoms with Crippen molar-refractivity contribution in [3.63, 3.8) is 0 Å². The minimum absolute atomic E-state index is 0.143. The summed E-state index contributed by atoms with van der Waals surface area (Å²) >= 11 is 6.00. The van der Waals surface area contributed by atoms with Crippen LogP contribution in [-0.2, 0) is 0 Å². The Hall–Kier alpha value is -2.20. The van der Waals surface area contributed by atoms with E-state index in [1.165, 1.54) is 0 Å². The Bertz CT molecular complexity index is 815. The van der Waals surface area contributed by atoms with E-state index in [0.717, 1.165) is 39.8 Å². The Kier molecular flexibility index (Phi) is 3.46. The standard InChI is InChI=1S/C19H19ClN2O2/c1-19(2)22-16(14-5-4-6-17(23-3)18(14)24-19)11-15(21-22)12-7-9-13(20)10-8-12/h4-10,16H,11H2,1-3H3/t16-/m1/s1. The monoisotopic (exact) mass is 342 g/mol. The summed E-state index contributed by atoms with van der Waals surface area (Å²) in [6.07, 6.45) is 0.828. The van der Waals surface area contributed by atoms with Gasteiger partial charge in [0.15, 0.2) is 17.2 Å². The minimum Gasteiger partial charge on any atom is -0.493 e. The molecule has 2 aliphatic rings. The zero-order valence-electron chi connectivity index (χ0n) is 13.9. The topological polar surface area (TPSA) is 34.1 Å². The molecule has 0 bridgehead atoms. The number of nitrogens with zero attached hydrogens (tertiary/aromatic N) is 2. The molecule has 0 aromatic heterocycles. The molecule has 0 unspecified atom stereocenters. The fourth-order valence-corrected chi connectivity index (χ4v) is 3.55. The van der Waals surface area contributed by atoms with Crippen molar-refractivity contribution in [1.29, 1.82) is 0 Å². The molecule has 4 rings (SSSR count). The summed E-state index contributed by atoms with van der Waals surface area (Å²) in [5.41, 5.74) is 2.71. The molecule has 0 N–H and O–H groups in total. The lowest BCUT2D eigenvalue weighted by Crippen LogP contribution is -2.48. The molecule has 4 nitrogen and oxygen atoms in total. The number of rotatable bonds is 2. The van der Waals surface area contributed by atoms with Crippen LogP contribution < -0.4 is 9.47 Å². The van der Waals surface area contributed by atoms with Gasteiger partial charge in [-0.1, -0.05) is 35.9 Å². The predicted molar refractivity (Wildman–Crippen MR) is 94.9 cm³/mol. The normalized spacial score (nSPS) is 20.8. The third-order valence-electron chi connectivity index (χ3n) is 4.58. The number of ether oxygens (including phenoxy) is 2. The highest BCUT2D eigenvalue weighted by molar-refractivity contribution is 6.30. The van der Waals surface area contributed by atoms with Crippen molar-refractivity contribution in [2.45, 2.75) is 32.0 Å². The summed E-state index contributed by atoms with van der Waals surface area (Å²) < 4.78 is 11.7. The lowest BCUT2D eigenvalue weighted by atomic mass is 9.95. The van der Waals surface area contributed by atoms with Gasteiger partial charge in [0.1, 0.15) is 0 Å². The number of fused-ring (bicyclic) bond motifs is 3. The molecule has 0 saturated carbocycles. The molecule has 5 heteroatoms. The SMILES string of the molecule is COc1cccc2c1OC(C)(C)N1N=C(c3ccc(Cl)cc3)C[C@H]21. The summed E-state index contributed by atoms with van der Waals surface area (Å²) in [6.45, 7) is 4.06. The number of benzene rings is 2. The van der Waals surface area contributed by atoms with Crippen molar-refractivity contribution in [3.8, 4) is 11.5 Å². The van der Waals surface area contributed by atoms with Gasteiger partial charge >= 0.3 is 0 Å². The van der Waals surface area contributed by atoms with Crippen LogP contribution in [0.1, 0.15) is 37.4 Å². The molecule has 2 aromatic carbocycles. The molecule has 0 spiro atoms. The molecule has 2 aromatic rings. The van der Waals surface area contributed by atoms with E-state index in [1.54, 1.807) is 7.11 Å². The van der Waals surface area contributed by atoms with Crippen LogP contribution in [0.4, 0.5) is 0 Å². The maximum Gasteiger partial charge on any atom is 0.192 e. The van der Waals surface area contributed by atoms with Gasteiger partial charge in [-0.3, -0.25) is 0 Å². The Morgan fingerprint density at radius 1 is 1.21 bits per heavy atom. The Labute approximate surface area is 146 Å². The zero-order chi connectivity index (χ0) is 16.9. The smallest absolute Gasteiger partial charge is 0.192 e. The number of hydrazone groups is 1.